The number of benzene rings is 2. The number of anilines is 1. The average Bonchev–Trinajstić information content (AvgIpc) is 3.08. The van der Waals surface area contributed by atoms with Gasteiger partial charge in [0, 0.05) is 31.9 Å². The van der Waals surface area contributed by atoms with E-state index in [0.29, 0.717) is 23.4 Å². The summed E-state index contributed by atoms with van der Waals surface area (Å²) >= 11 is 0. The van der Waals surface area contributed by atoms with Crippen LogP contribution in [0.1, 0.15) is 12.2 Å². The van der Waals surface area contributed by atoms with Crippen LogP contribution in [0.4, 0.5) is 10.1 Å². The Hall–Kier alpha value is -3.52. The number of para-hydroxylation sites is 1. The number of aromatic amines is 1. The highest BCUT2D eigenvalue weighted by atomic mass is 19.1. The molecular formula is C23H23FN6O. The predicted octanol–water partition coefficient (Wildman–Crippen LogP) is 2.96. The second kappa shape index (κ2) is 8.31. The number of hydrogen-bond donors (Lipinski definition) is 1. The number of rotatable bonds is 4. The van der Waals surface area contributed by atoms with Crippen molar-refractivity contribution >= 4 is 16.7 Å². The Morgan fingerprint density at radius 2 is 1.74 bits per heavy atom. The van der Waals surface area contributed by atoms with E-state index in [-0.39, 0.29) is 11.4 Å². The first kappa shape index (κ1) is 19.4. The van der Waals surface area contributed by atoms with E-state index in [1.165, 1.54) is 12.1 Å². The van der Waals surface area contributed by atoms with Crippen LogP contribution in [-0.2, 0) is 6.54 Å². The molecule has 0 spiro atoms. The molecule has 3 heterocycles. The lowest BCUT2D eigenvalue weighted by molar-refractivity contribution is 0.278. The molecule has 0 saturated carbocycles. The molecular weight excluding hydrogens is 395 g/mol. The van der Waals surface area contributed by atoms with Gasteiger partial charge in [-0.2, -0.15) is 5.10 Å². The third-order valence-corrected chi connectivity index (χ3v) is 5.64. The fourth-order valence-electron chi connectivity index (χ4n) is 4.05. The van der Waals surface area contributed by atoms with Gasteiger partial charge in [-0.15, -0.1) is 0 Å². The lowest BCUT2D eigenvalue weighted by Gasteiger charge is -2.23. The van der Waals surface area contributed by atoms with Crippen molar-refractivity contribution in [2.75, 3.05) is 31.1 Å². The van der Waals surface area contributed by atoms with E-state index in [4.69, 9.17) is 4.98 Å². The fourth-order valence-corrected chi connectivity index (χ4v) is 4.05. The maximum absolute atomic E-state index is 13.2. The van der Waals surface area contributed by atoms with Gasteiger partial charge in [0.2, 0.25) is 0 Å². The molecule has 1 N–H and O–H groups in total. The average molecular weight is 418 g/mol. The van der Waals surface area contributed by atoms with Crippen molar-refractivity contribution in [1.29, 1.82) is 0 Å². The summed E-state index contributed by atoms with van der Waals surface area (Å²) < 4.78 is 14.9. The molecule has 31 heavy (non-hydrogen) atoms. The number of hydrogen-bond acceptors (Lipinski definition) is 5. The smallest absolute Gasteiger partial charge is 0.262 e. The van der Waals surface area contributed by atoms with Crippen LogP contribution in [0.25, 0.3) is 16.7 Å². The van der Waals surface area contributed by atoms with Crippen molar-refractivity contribution in [3.8, 4) is 5.69 Å². The van der Waals surface area contributed by atoms with Gasteiger partial charge in [-0.3, -0.25) is 9.69 Å². The zero-order valence-electron chi connectivity index (χ0n) is 17.0. The third-order valence-electron chi connectivity index (χ3n) is 5.64. The van der Waals surface area contributed by atoms with Gasteiger partial charge in [0.15, 0.2) is 5.65 Å². The van der Waals surface area contributed by atoms with Crippen LogP contribution in [0.15, 0.2) is 65.6 Å². The van der Waals surface area contributed by atoms with Gasteiger partial charge in [-0.25, -0.2) is 14.1 Å². The SMILES string of the molecule is O=c1[nH]c(CN2CCCN(c3ccc(F)cc3)CC2)nc2c1cnn2-c1ccccc1. The van der Waals surface area contributed by atoms with E-state index in [9.17, 15) is 9.18 Å². The second-order valence-electron chi connectivity index (χ2n) is 7.73. The number of H-pyrrole nitrogens is 1. The second-order valence-corrected chi connectivity index (χ2v) is 7.73. The highest BCUT2D eigenvalue weighted by molar-refractivity contribution is 5.75. The Morgan fingerprint density at radius 1 is 0.935 bits per heavy atom. The number of fused-ring (bicyclic) bond motifs is 1. The maximum atomic E-state index is 13.2. The molecule has 1 aliphatic rings. The highest BCUT2D eigenvalue weighted by Gasteiger charge is 2.18. The normalized spacial score (nSPS) is 15.3. The van der Waals surface area contributed by atoms with Crippen LogP contribution in [0, 0.1) is 5.82 Å². The van der Waals surface area contributed by atoms with Crippen molar-refractivity contribution < 1.29 is 4.39 Å². The molecule has 5 rings (SSSR count). The molecule has 2 aromatic carbocycles. The van der Waals surface area contributed by atoms with E-state index in [1.807, 2.05) is 42.5 Å². The maximum Gasteiger partial charge on any atom is 0.262 e. The van der Waals surface area contributed by atoms with Crippen LogP contribution in [0.2, 0.25) is 0 Å². The predicted molar refractivity (Wildman–Crippen MR) is 118 cm³/mol. The first-order valence-electron chi connectivity index (χ1n) is 10.4. The van der Waals surface area contributed by atoms with Gasteiger partial charge >= 0.3 is 0 Å². The lowest BCUT2D eigenvalue weighted by Crippen LogP contribution is -2.31. The van der Waals surface area contributed by atoms with Crippen LogP contribution in [-0.4, -0.2) is 50.8 Å². The van der Waals surface area contributed by atoms with E-state index < -0.39 is 0 Å². The Balaban J connectivity index is 1.35. The topological polar surface area (TPSA) is 70.1 Å². The molecule has 1 aliphatic heterocycles. The van der Waals surface area contributed by atoms with Crippen LogP contribution >= 0.6 is 0 Å². The van der Waals surface area contributed by atoms with Gasteiger partial charge in [0.25, 0.3) is 5.56 Å². The van der Waals surface area contributed by atoms with Gasteiger partial charge in [-0.05, 0) is 42.8 Å². The third kappa shape index (κ3) is 4.06. The Morgan fingerprint density at radius 3 is 2.55 bits per heavy atom. The summed E-state index contributed by atoms with van der Waals surface area (Å²) in [4.78, 5) is 24.8. The van der Waals surface area contributed by atoms with E-state index >= 15 is 0 Å². The fraction of sp³-hybridized carbons (Fsp3) is 0.261. The Bertz CT molecular complexity index is 1230. The quantitative estimate of drug-likeness (QED) is 0.552. The van der Waals surface area contributed by atoms with Crippen molar-refractivity contribution in [3.63, 3.8) is 0 Å². The van der Waals surface area contributed by atoms with Crippen LogP contribution in [0.3, 0.4) is 0 Å². The first-order chi connectivity index (χ1) is 15.2. The van der Waals surface area contributed by atoms with Crippen LogP contribution < -0.4 is 10.5 Å². The lowest BCUT2D eigenvalue weighted by atomic mass is 10.2. The van der Waals surface area contributed by atoms with Crippen LogP contribution in [0.5, 0.6) is 0 Å². The zero-order chi connectivity index (χ0) is 21.2. The molecule has 0 amide bonds. The molecule has 7 nitrogen and oxygen atoms in total. The van der Waals surface area contributed by atoms with Crippen molar-refractivity contribution in [2.24, 2.45) is 0 Å². The monoisotopic (exact) mass is 418 g/mol. The van der Waals surface area contributed by atoms with Gasteiger partial charge in [0.05, 0.1) is 18.4 Å². The summed E-state index contributed by atoms with van der Waals surface area (Å²) in [5.74, 6) is 0.408. The molecule has 1 fully saturated rings. The Kier molecular flexibility index (Phi) is 5.21. The van der Waals surface area contributed by atoms with E-state index in [2.05, 4.69) is 19.9 Å². The highest BCUT2D eigenvalue weighted by Crippen LogP contribution is 2.18. The Labute approximate surface area is 178 Å². The number of nitrogens with one attached hydrogen (secondary N) is 1. The molecule has 0 bridgehead atoms. The number of halogens is 1. The number of nitrogens with zero attached hydrogens (tertiary/aromatic N) is 5. The first-order valence-corrected chi connectivity index (χ1v) is 10.4. The van der Waals surface area contributed by atoms with E-state index in [1.54, 1.807) is 10.9 Å². The number of aromatic nitrogens is 4. The standard InChI is InChI=1S/C23H23FN6O/c24-17-7-9-18(10-8-17)29-12-4-11-28(13-14-29)16-21-26-22-20(23(31)27-21)15-25-30(22)19-5-2-1-3-6-19/h1-3,5-10,15H,4,11-14,16H2,(H,26,27,31). The molecule has 4 aromatic rings. The largest absolute Gasteiger partial charge is 0.370 e. The molecule has 0 radical (unpaired) electrons. The molecule has 8 heteroatoms. The molecule has 2 aromatic heterocycles. The summed E-state index contributed by atoms with van der Waals surface area (Å²) in [5, 5.41) is 4.84. The zero-order valence-corrected chi connectivity index (χ0v) is 17.0. The van der Waals surface area contributed by atoms with Gasteiger partial charge < -0.3 is 9.88 Å². The van der Waals surface area contributed by atoms with Crippen molar-refractivity contribution in [3.05, 3.63) is 82.8 Å². The van der Waals surface area contributed by atoms with Crippen molar-refractivity contribution in [1.82, 2.24) is 24.6 Å². The molecule has 0 aliphatic carbocycles. The van der Waals surface area contributed by atoms with E-state index in [0.717, 1.165) is 44.0 Å². The van der Waals surface area contributed by atoms with Crippen molar-refractivity contribution in [2.45, 2.75) is 13.0 Å². The van der Waals surface area contributed by atoms with Gasteiger partial charge in [0.1, 0.15) is 17.0 Å². The summed E-state index contributed by atoms with van der Waals surface area (Å²) in [6.45, 7) is 4.03. The molecule has 0 unspecified atom stereocenters. The molecule has 0 atom stereocenters. The summed E-state index contributed by atoms with van der Waals surface area (Å²) in [6, 6.07) is 16.3. The van der Waals surface area contributed by atoms with Gasteiger partial charge in [-0.1, -0.05) is 18.2 Å². The minimum atomic E-state index is -0.222. The minimum absolute atomic E-state index is 0.176. The summed E-state index contributed by atoms with van der Waals surface area (Å²) in [7, 11) is 0. The summed E-state index contributed by atoms with van der Waals surface area (Å²) in [5.41, 5.74) is 2.28. The molecule has 1 saturated heterocycles. The summed E-state index contributed by atoms with van der Waals surface area (Å²) in [6.07, 6.45) is 2.54. The minimum Gasteiger partial charge on any atom is -0.370 e. The molecule has 158 valence electrons.